The summed E-state index contributed by atoms with van der Waals surface area (Å²) in [4.78, 5) is 25.5. The first-order valence-electron chi connectivity index (χ1n) is 6.86. The van der Waals surface area contributed by atoms with Crippen LogP contribution >= 0.6 is 0 Å². The highest BCUT2D eigenvalue weighted by atomic mass is 16.4. The number of nitrogens with zero attached hydrogens (tertiary/aromatic N) is 1. The van der Waals surface area contributed by atoms with Gasteiger partial charge in [-0.3, -0.25) is 4.79 Å². The van der Waals surface area contributed by atoms with Crippen LogP contribution in [0.2, 0.25) is 0 Å². The summed E-state index contributed by atoms with van der Waals surface area (Å²) >= 11 is 0. The van der Waals surface area contributed by atoms with Gasteiger partial charge in [0.15, 0.2) is 0 Å². The van der Waals surface area contributed by atoms with Gasteiger partial charge in [0.1, 0.15) is 0 Å². The van der Waals surface area contributed by atoms with Crippen molar-refractivity contribution >= 4 is 11.9 Å². The first-order chi connectivity index (χ1) is 8.54. The Hall–Kier alpha value is -1.10. The van der Waals surface area contributed by atoms with E-state index in [2.05, 4.69) is 13.8 Å². The molecule has 1 aliphatic heterocycles. The van der Waals surface area contributed by atoms with Crippen LogP contribution in [0.4, 0.5) is 0 Å². The van der Waals surface area contributed by atoms with Gasteiger partial charge in [-0.1, -0.05) is 6.92 Å². The molecule has 0 aromatic rings. The summed E-state index contributed by atoms with van der Waals surface area (Å²) < 4.78 is 0. The van der Waals surface area contributed by atoms with Gasteiger partial charge in [0, 0.05) is 12.4 Å². The highest BCUT2D eigenvalue weighted by Crippen LogP contribution is 2.01. The van der Waals surface area contributed by atoms with Crippen molar-refractivity contribution in [2.24, 2.45) is 0 Å². The lowest BCUT2D eigenvalue weighted by molar-refractivity contribution is -0.927. The molecule has 5 heteroatoms. The second-order valence-corrected chi connectivity index (χ2v) is 5.07. The zero-order chi connectivity index (χ0) is 13.5. The van der Waals surface area contributed by atoms with Crippen LogP contribution in [0.3, 0.4) is 0 Å². The molecule has 0 aliphatic carbocycles. The summed E-state index contributed by atoms with van der Waals surface area (Å²) in [7, 11) is 0. The Bertz CT molecular complexity index is 286. The zero-order valence-electron chi connectivity index (χ0n) is 11.4. The van der Waals surface area contributed by atoms with Crippen molar-refractivity contribution in [3.8, 4) is 0 Å². The number of carboxylic acid groups (broad SMARTS) is 1. The lowest BCUT2D eigenvalue weighted by Gasteiger charge is -2.35. The number of aliphatic carboxylic acids is 1. The Morgan fingerprint density at radius 1 is 1.28 bits per heavy atom. The molecular formula is C13H24N2O3. The minimum atomic E-state index is -1.08. The maximum atomic E-state index is 11.8. The molecule has 1 fully saturated rings. The number of nitrogens with one attached hydrogen (secondary N) is 1. The van der Waals surface area contributed by atoms with E-state index in [-0.39, 0.29) is 12.3 Å². The molecular weight excluding hydrogens is 232 g/mol. The van der Waals surface area contributed by atoms with Gasteiger partial charge in [-0.25, -0.2) is 0 Å². The number of carbonyl (C=O) groups is 2. The molecule has 104 valence electrons. The Balaban J connectivity index is 2.25. The number of carboxylic acids is 1. The summed E-state index contributed by atoms with van der Waals surface area (Å²) in [6, 6.07) is 0.653. The molecule has 0 aromatic heterocycles. The number of quaternary nitrogens is 1. The minimum absolute atomic E-state index is 0.0240. The number of carbonyl (C=O) groups excluding carboxylic acids is 2. The van der Waals surface area contributed by atoms with Crippen LogP contribution in [0.1, 0.15) is 39.5 Å². The standard InChI is InChI=1S/C13H24N2O3/c1-3-11(2)14-7-9-15(10-8-14)12(16)5-4-6-13(17)18/h11H,3-10H2,1-2H3,(H,17,18)/t11-/m1/s1. The molecule has 1 rings (SSSR count). The smallest absolute Gasteiger partial charge is 0.222 e. The summed E-state index contributed by atoms with van der Waals surface area (Å²) in [5.41, 5.74) is 0. The molecule has 0 bridgehead atoms. The van der Waals surface area contributed by atoms with Crippen LogP contribution in [0.25, 0.3) is 0 Å². The Morgan fingerprint density at radius 2 is 1.89 bits per heavy atom. The van der Waals surface area contributed by atoms with Crippen molar-refractivity contribution < 1.29 is 19.6 Å². The minimum Gasteiger partial charge on any atom is -0.550 e. The van der Waals surface area contributed by atoms with Crippen LogP contribution in [0.15, 0.2) is 0 Å². The molecule has 1 atom stereocenters. The van der Waals surface area contributed by atoms with Crippen molar-refractivity contribution in [3.05, 3.63) is 0 Å². The zero-order valence-corrected chi connectivity index (χ0v) is 11.4. The SMILES string of the molecule is CC[C@@H](C)[NH+]1CCN(C(=O)CCCC(=O)[O-])CC1. The number of hydrogen-bond donors (Lipinski definition) is 1. The van der Waals surface area contributed by atoms with Crippen molar-refractivity contribution in [3.63, 3.8) is 0 Å². The lowest BCUT2D eigenvalue weighted by Crippen LogP contribution is -3.17. The average Bonchev–Trinajstić information content (AvgIpc) is 2.37. The lowest BCUT2D eigenvalue weighted by atomic mass is 10.1. The van der Waals surface area contributed by atoms with Crippen molar-refractivity contribution in [2.75, 3.05) is 26.2 Å². The van der Waals surface area contributed by atoms with Crippen LogP contribution in [-0.2, 0) is 9.59 Å². The predicted molar refractivity (Wildman–Crippen MR) is 65.9 cm³/mol. The molecule has 1 saturated heterocycles. The largest absolute Gasteiger partial charge is 0.550 e. The summed E-state index contributed by atoms with van der Waals surface area (Å²) in [5, 5.41) is 10.3. The Morgan fingerprint density at radius 3 is 2.39 bits per heavy atom. The van der Waals surface area contributed by atoms with Gasteiger partial charge in [-0.2, -0.15) is 0 Å². The van der Waals surface area contributed by atoms with E-state index in [0.29, 0.717) is 18.9 Å². The van der Waals surface area contributed by atoms with Crippen LogP contribution in [-0.4, -0.2) is 49.0 Å². The van der Waals surface area contributed by atoms with E-state index < -0.39 is 5.97 Å². The van der Waals surface area contributed by atoms with E-state index in [4.69, 9.17) is 0 Å². The summed E-state index contributed by atoms with van der Waals surface area (Å²) in [6.07, 6.45) is 1.85. The first-order valence-corrected chi connectivity index (χ1v) is 6.86. The summed E-state index contributed by atoms with van der Waals surface area (Å²) in [5.74, 6) is -0.992. The second-order valence-electron chi connectivity index (χ2n) is 5.07. The molecule has 18 heavy (non-hydrogen) atoms. The molecule has 0 aromatic carbocycles. The van der Waals surface area contributed by atoms with E-state index in [1.807, 2.05) is 4.90 Å². The fourth-order valence-electron chi connectivity index (χ4n) is 2.37. The number of piperazine rings is 1. The topological polar surface area (TPSA) is 64.9 Å². The Labute approximate surface area is 109 Å². The molecule has 0 unspecified atom stereocenters. The highest BCUT2D eigenvalue weighted by Gasteiger charge is 2.25. The highest BCUT2D eigenvalue weighted by molar-refractivity contribution is 5.76. The number of rotatable bonds is 6. The van der Waals surface area contributed by atoms with Crippen molar-refractivity contribution in [1.29, 1.82) is 0 Å². The maximum Gasteiger partial charge on any atom is 0.222 e. The van der Waals surface area contributed by atoms with Gasteiger partial charge in [0.25, 0.3) is 0 Å². The van der Waals surface area contributed by atoms with Gasteiger partial charge in [-0.15, -0.1) is 0 Å². The monoisotopic (exact) mass is 256 g/mol. The van der Waals surface area contributed by atoms with E-state index in [1.165, 1.54) is 0 Å². The normalized spacial score (nSPS) is 18.7. The third-order valence-corrected chi connectivity index (χ3v) is 3.84. The van der Waals surface area contributed by atoms with E-state index in [0.717, 1.165) is 32.6 Å². The van der Waals surface area contributed by atoms with Gasteiger partial charge in [0.05, 0.1) is 32.2 Å². The number of amides is 1. The van der Waals surface area contributed by atoms with E-state index in [1.54, 1.807) is 4.90 Å². The van der Waals surface area contributed by atoms with Gasteiger partial charge in [-0.05, 0) is 26.2 Å². The summed E-state index contributed by atoms with van der Waals surface area (Å²) in [6.45, 7) is 8.03. The van der Waals surface area contributed by atoms with E-state index in [9.17, 15) is 14.7 Å². The third-order valence-electron chi connectivity index (χ3n) is 3.84. The quantitative estimate of drug-likeness (QED) is 0.624. The molecule has 5 nitrogen and oxygen atoms in total. The Kier molecular flexibility index (Phi) is 6.12. The van der Waals surface area contributed by atoms with Crippen LogP contribution in [0.5, 0.6) is 0 Å². The van der Waals surface area contributed by atoms with Gasteiger partial charge in [0.2, 0.25) is 5.91 Å². The molecule has 0 saturated carbocycles. The van der Waals surface area contributed by atoms with Gasteiger partial charge < -0.3 is 19.7 Å². The van der Waals surface area contributed by atoms with Crippen LogP contribution in [0, 0.1) is 0 Å². The molecule has 1 heterocycles. The second kappa shape index (κ2) is 7.36. The molecule has 1 amide bonds. The molecule has 1 aliphatic rings. The first kappa shape index (κ1) is 15.0. The van der Waals surface area contributed by atoms with Crippen molar-refractivity contribution in [1.82, 2.24) is 4.90 Å². The molecule has 1 N–H and O–H groups in total. The van der Waals surface area contributed by atoms with E-state index >= 15 is 0 Å². The average molecular weight is 256 g/mol. The van der Waals surface area contributed by atoms with Crippen molar-refractivity contribution in [2.45, 2.75) is 45.6 Å². The van der Waals surface area contributed by atoms with Crippen LogP contribution < -0.4 is 10.0 Å². The van der Waals surface area contributed by atoms with Gasteiger partial charge >= 0.3 is 0 Å². The number of hydrogen-bond acceptors (Lipinski definition) is 3. The molecule has 0 radical (unpaired) electrons. The maximum absolute atomic E-state index is 11.8. The molecule has 0 spiro atoms. The predicted octanol–water partition coefficient (Wildman–Crippen LogP) is -1.57. The fourth-order valence-corrected chi connectivity index (χ4v) is 2.37. The third kappa shape index (κ3) is 4.64. The fraction of sp³-hybridized carbons (Fsp3) is 0.846.